The van der Waals surface area contributed by atoms with E-state index in [1.54, 1.807) is 0 Å². The van der Waals surface area contributed by atoms with Crippen LogP contribution in [0.25, 0.3) is 10.8 Å². The Morgan fingerprint density at radius 3 is 2.50 bits per heavy atom. The average Bonchev–Trinajstić information content (AvgIpc) is 2.27. The molecule has 0 aliphatic carbocycles. The molecule has 0 heterocycles. The second-order valence-corrected chi connectivity index (χ2v) is 3.19. The SMILES string of the molecule is COC(O)c1ccc2ccccc2c1. The van der Waals surface area contributed by atoms with Gasteiger partial charge in [-0.1, -0.05) is 36.4 Å². The lowest BCUT2D eigenvalue weighted by atomic mass is 10.1. The smallest absolute Gasteiger partial charge is 0.180 e. The number of methoxy groups -OCH3 is 1. The van der Waals surface area contributed by atoms with Crippen molar-refractivity contribution < 1.29 is 9.84 Å². The molecule has 0 aromatic heterocycles. The largest absolute Gasteiger partial charge is 0.364 e. The van der Waals surface area contributed by atoms with Crippen LogP contribution in [-0.2, 0) is 4.74 Å². The lowest BCUT2D eigenvalue weighted by molar-refractivity contribution is -0.0768. The molecule has 0 amide bonds. The van der Waals surface area contributed by atoms with Crippen LogP contribution in [0.4, 0.5) is 0 Å². The summed E-state index contributed by atoms with van der Waals surface area (Å²) in [6, 6.07) is 13.8. The topological polar surface area (TPSA) is 29.5 Å². The molecule has 0 saturated heterocycles. The van der Waals surface area contributed by atoms with Crippen molar-refractivity contribution in [3.63, 3.8) is 0 Å². The van der Waals surface area contributed by atoms with Gasteiger partial charge in [0, 0.05) is 12.7 Å². The fourth-order valence-corrected chi connectivity index (χ4v) is 1.50. The van der Waals surface area contributed by atoms with Gasteiger partial charge in [-0.25, -0.2) is 0 Å². The number of fused-ring (bicyclic) bond motifs is 1. The van der Waals surface area contributed by atoms with Gasteiger partial charge in [-0.2, -0.15) is 0 Å². The van der Waals surface area contributed by atoms with Crippen LogP contribution >= 0.6 is 0 Å². The number of ether oxygens (including phenoxy) is 1. The Bertz CT molecular complexity index is 437. The van der Waals surface area contributed by atoms with E-state index in [1.165, 1.54) is 12.5 Å². The molecule has 0 bridgehead atoms. The molecule has 2 aromatic rings. The quantitative estimate of drug-likeness (QED) is 0.733. The number of rotatable bonds is 2. The summed E-state index contributed by atoms with van der Waals surface area (Å²) < 4.78 is 4.84. The van der Waals surface area contributed by atoms with Gasteiger partial charge in [-0.15, -0.1) is 0 Å². The van der Waals surface area contributed by atoms with E-state index in [1.807, 2.05) is 42.5 Å². The summed E-state index contributed by atoms with van der Waals surface area (Å²) in [6.07, 6.45) is -0.834. The summed E-state index contributed by atoms with van der Waals surface area (Å²) in [5.41, 5.74) is 0.784. The lowest BCUT2D eigenvalue weighted by Crippen LogP contribution is -1.98. The van der Waals surface area contributed by atoms with Crippen molar-refractivity contribution in [2.75, 3.05) is 7.11 Å². The van der Waals surface area contributed by atoms with Gasteiger partial charge in [0.25, 0.3) is 0 Å². The highest BCUT2D eigenvalue weighted by Gasteiger charge is 2.05. The van der Waals surface area contributed by atoms with Crippen molar-refractivity contribution in [1.82, 2.24) is 0 Å². The molecule has 0 radical (unpaired) electrons. The van der Waals surface area contributed by atoms with Gasteiger partial charge in [0.05, 0.1) is 0 Å². The molecule has 0 aliphatic rings. The zero-order valence-corrected chi connectivity index (χ0v) is 7.97. The predicted molar refractivity (Wildman–Crippen MR) is 55.9 cm³/mol. The molecule has 0 spiro atoms. The van der Waals surface area contributed by atoms with E-state index in [0.717, 1.165) is 10.9 Å². The molecule has 72 valence electrons. The molecule has 14 heavy (non-hydrogen) atoms. The van der Waals surface area contributed by atoms with Crippen LogP contribution in [0.15, 0.2) is 42.5 Å². The Morgan fingerprint density at radius 2 is 1.79 bits per heavy atom. The molecule has 1 unspecified atom stereocenters. The highest BCUT2D eigenvalue weighted by atomic mass is 16.6. The summed E-state index contributed by atoms with van der Waals surface area (Å²) in [7, 11) is 1.49. The molecular weight excluding hydrogens is 176 g/mol. The molecule has 1 atom stereocenters. The average molecular weight is 188 g/mol. The van der Waals surface area contributed by atoms with Crippen molar-refractivity contribution in [3.05, 3.63) is 48.0 Å². The van der Waals surface area contributed by atoms with Gasteiger partial charge in [-0.3, -0.25) is 0 Å². The van der Waals surface area contributed by atoms with Gasteiger partial charge in [0.2, 0.25) is 0 Å². The molecule has 2 nitrogen and oxygen atoms in total. The van der Waals surface area contributed by atoms with Crippen LogP contribution in [0.1, 0.15) is 11.9 Å². The Hall–Kier alpha value is -1.38. The molecule has 2 rings (SSSR count). The van der Waals surface area contributed by atoms with Crippen LogP contribution in [0.5, 0.6) is 0 Å². The molecular formula is C12H12O2. The van der Waals surface area contributed by atoms with Crippen molar-refractivity contribution in [1.29, 1.82) is 0 Å². The van der Waals surface area contributed by atoms with E-state index in [9.17, 15) is 5.11 Å². The van der Waals surface area contributed by atoms with Gasteiger partial charge in [-0.05, 0) is 16.8 Å². The lowest BCUT2D eigenvalue weighted by Gasteiger charge is -2.09. The van der Waals surface area contributed by atoms with Crippen molar-refractivity contribution in [3.8, 4) is 0 Å². The first-order chi connectivity index (χ1) is 6.81. The molecule has 0 fully saturated rings. The second kappa shape index (κ2) is 3.78. The Labute approximate surface area is 82.8 Å². The minimum atomic E-state index is -0.834. The maximum Gasteiger partial charge on any atom is 0.180 e. The first kappa shape index (κ1) is 9.19. The predicted octanol–water partition coefficient (Wildman–Crippen LogP) is 2.48. The standard InChI is InChI=1S/C12H12O2/c1-14-12(13)11-7-6-9-4-2-3-5-10(9)8-11/h2-8,12-13H,1H3. The van der Waals surface area contributed by atoms with E-state index in [-0.39, 0.29) is 0 Å². The highest BCUT2D eigenvalue weighted by molar-refractivity contribution is 5.83. The van der Waals surface area contributed by atoms with Crippen molar-refractivity contribution in [2.45, 2.75) is 6.29 Å². The Balaban J connectivity index is 2.51. The third-order valence-corrected chi connectivity index (χ3v) is 2.28. The summed E-state index contributed by atoms with van der Waals surface area (Å²) >= 11 is 0. The zero-order valence-electron chi connectivity index (χ0n) is 7.97. The van der Waals surface area contributed by atoms with Crippen LogP contribution in [0.3, 0.4) is 0 Å². The van der Waals surface area contributed by atoms with Crippen LogP contribution < -0.4 is 0 Å². The Kier molecular flexibility index (Phi) is 2.48. The zero-order chi connectivity index (χ0) is 9.97. The van der Waals surface area contributed by atoms with E-state index in [2.05, 4.69) is 0 Å². The van der Waals surface area contributed by atoms with Gasteiger partial charge >= 0.3 is 0 Å². The molecule has 2 heteroatoms. The second-order valence-electron chi connectivity index (χ2n) is 3.19. The number of hydrogen-bond acceptors (Lipinski definition) is 2. The minimum Gasteiger partial charge on any atom is -0.364 e. The monoisotopic (exact) mass is 188 g/mol. The summed E-state index contributed by atoms with van der Waals surface area (Å²) in [4.78, 5) is 0. The van der Waals surface area contributed by atoms with Crippen LogP contribution in [0, 0.1) is 0 Å². The summed E-state index contributed by atoms with van der Waals surface area (Å²) in [6.45, 7) is 0. The van der Waals surface area contributed by atoms with Crippen molar-refractivity contribution in [2.24, 2.45) is 0 Å². The normalized spacial score (nSPS) is 13.0. The van der Waals surface area contributed by atoms with Gasteiger partial charge < -0.3 is 9.84 Å². The third-order valence-electron chi connectivity index (χ3n) is 2.28. The van der Waals surface area contributed by atoms with Crippen LogP contribution in [-0.4, -0.2) is 12.2 Å². The van der Waals surface area contributed by atoms with E-state index in [0.29, 0.717) is 0 Å². The molecule has 0 aliphatic heterocycles. The first-order valence-corrected chi connectivity index (χ1v) is 4.51. The fourth-order valence-electron chi connectivity index (χ4n) is 1.50. The van der Waals surface area contributed by atoms with E-state index >= 15 is 0 Å². The maximum absolute atomic E-state index is 9.47. The van der Waals surface area contributed by atoms with E-state index in [4.69, 9.17) is 4.74 Å². The number of aliphatic hydroxyl groups is 1. The van der Waals surface area contributed by atoms with Gasteiger partial charge in [0.1, 0.15) is 0 Å². The number of aliphatic hydroxyl groups excluding tert-OH is 1. The third kappa shape index (κ3) is 1.62. The number of hydrogen-bond donors (Lipinski definition) is 1. The molecule has 1 N–H and O–H groups in total. The molecule has 2 aromatic carbocycles. The highest BCUT2D eigenvalue weighted by Crippen LogP contribution is 2.20. The van der Waals surface area contributed by atoms with Crippen molar-refractivity contribution >= 4 is 10.8 Å². The minimum absolute atomic E-state index is 0.784. The summed E-state index contributed by atoms with van der Waals surface area (Å²) in [5.74, 6) is 0. The van der Waals surface area contributed by atoms with Gasteiger partial charge in [0.15, 0.2) is 6.29 Å². The number of benzene rings is 2. The maximum atomic E-state index is 9.47. The molecule has 0 saturated carbocycles. The summed E-state index contributed by atoms with van der Waals surface area (Å²) in [5, 5.41) is 11.7. The Morgan fingerprint density at radius 1 is 1.07 bits per heavy atom. The fraction of sp³-hybridized carbons (Fsp3) is 0.167. The van der Waals surface area contributed by atoms with Crippen LogP contribution in [0.2, 0.25) is 0 Å². The van der Waals surface area contributed by atoms with E-state index < -0.39 is 6.29 Å². The first-order valence-electron chi connectivity index (χ1n) is 4.51.